The van der Waals surface area contributed by atoms with Crippen molar-refractivity contribution in [3.05, 3.63) is 83.4 Å². The molecule has 128 valence electrons. The predicted molar refractivity (Wildman–Crippen MR) is 104 cm³/mol. The first kappa shape index (κ1) is 15.9. The summed E-state index contributed by atoms with van der Waals surface area (Å²) < 4.78 is 5.22. The van der Waals surface area contributed by atoms with Crippen LogP contribution in [-0.4, -0.2) is 17.1 Å². The van der Waals surface area contributed by atoms with E-state index in [9.17, 15) is 4.79 Å². The van der Waals surface area contributed by atoms with Crippen molar-refractivity contribution in [2.24, 2.45) is 0 Å². The lowest BCUT2D eigenvalue weighted by molar-refractivity contribution is 0.415. The fourth-order valence-electron chi connectivity index (χ4n) is 2.95. The van der Waals surface area contributed by atoms with Gasteiger partial charge >= 0.3 is 0 Å². The van der Waals surface area contributed by atoms with Gasteiger partial charge in [-0.25, -0.2) is 4.98 Å². The van der Waals surface area contributed by atoms with Gasteiger partial charge in [-0.2, -0.15) is 0 Å². The molecule has 0 saturated heterocycles. The topological polar surface area (TPSA) is 67.0 Å². The summed E-state index contributed by atoms with van der Waals surface area (Å²) in [6, 6.07) is 19.3. The lowest BCUT2D eigenvalue weighted by Crippen LogP contribution is -2.09. The third kappa shape index (κ3) is 2.91. The third-order valence-corrected chi connectivity index (χ3v) is 4.25. The molecule has 2 N–H and O–H groups in total. The van der Waals surface area contributed by atoms with Crippen LogP contribution in [0.15, 0.2) is 77.9 Å². The van der Waals surface area contributed by atoms with E-state index < -0.39 is 0 Å². The Morgan fingerprint density at radius 3 is 2.50 bits per heavy atom. The molecule has 0 aliphatic carbocycles. The molecule has 2 heterocycles. The monoisotopic (exact) mass is 343 g/mol. The van der Waals surface area contributed by atoms with Crippen LogP contribution in [-0.2, 0) is 0 Å². The second-order valence-corrected chi connectivity index (χ2v) is 5.84. The number of pyridine rings is 2. The van der Waals surface area contributed by atoms with E-state index in [0.717, 1.165) is 28.0 Å². The van der Waals surface area contributed by atoms with Crippen molar-refractivity contribution in [2.75, 3.05) is 12.4 Å². The number of hydrogen-bond donors (Lipinski definition) is 2. The Kier molecular flexibility index (Phi) is 4.11. The minimum atomic E-state index is -0.177. The maximum absolute atomic E-state index is 12.5. The molecule has 0 unspecified atom stereocenters. The molecule has 0 bridgehead atoms. The minimum Gasteiger partial charge on any atom is -0.497 e. The van der Waals surface area contributed by atoms with Gasteiger partial charge < -0.3 is 15.0 Å². The maximum atomic E-state index is 12.5. The third-order valence-electron chi connectivity index (χ3n) is 4.25. The molecule has 5 heteroatoms. The summed E-state index contributed by atoms with van der Waals surface area (Å²) in [7, 11) is 1.63. The van der Waals surface area contributed by atoms with Gasteiger partial charge in [0.05, 0.1) is 12.5 Å². The molecule has 0 saturated carbocycles. The zero-order chi connectivity index (χ0) is 17.9. The standard InChI is InChI=1S/C21H17N3O2/c1-26-16-9-7-14(8-10-16)18-13-23-20(24-15-5-3-2-4-6-15)19-17(18)11-12-22-21(19)25/h2-13H,1H3,(H,22,25)(H,23,24). The van der Waals surface area contributed by atoms with Crippen LogP contribution < -0.4 is 15.6 Å². The number of fused-ring (bicyclic) bond motifs is 1. The van der Waals surface area contributed by atoms with Gasteiger partial charge in [0.2, 0.25) is 0 Å². The molecule has 26 heavy (non-hydrogen) atoms. The predicted octanol–water partition coefficient (Wildman–Crippen LogP) is 4.34. The maximum Gasteiger partial charge on any atom is 0.259 e. The molecule has 0 aliphatic rings. The van der Waals surface area contributed by atoms with Gasteiger partial charge in [0.25, 0.3) is 5.56 Å². The molecule has 4 aromatic rings. The average Bonchev–Trinajstić information content (AvgIpc) is 2.69. The summed E-state index contributed by atoms with van der Waals surface area (Å²) in [6.07, 6.45) is 3.44. The number of aromatic nitrogens is 2. The molecule has 2 aromatic carbocycles. The molecule has 0 atom stereocenters. The van der Waals surface area contributed by atoms with Crippen molar-refractivity contribution >= 4 is 22.3 Å². The van der Waals surface area contributed by atoms with Gasteiger partial charge in [-0.3, -0.25) is 4.79 Å². The molecular weight excluding hydrogens is 326 g/mol. The number of nitrogens with one attached hydrogen (secondary N) is 2. The Hall–Kier alpha value is -3.60. The Bertz CT molecular complexity index is 1100. The summed E-state index contributed by atoms with van der Waals surface area (Å²) in [4.78, 5) is 19.8. The Labute approximate surface area is 150 Å². The van der Waals surface area contributed by atoms with E-state index in [4.69, 9.17) is 4.74 Å². The summed E-state index contributed by atoms with van der Waals surface area (Å²) in [6.45, 7) is 0. The number of nitrogens with zero attached hydrogens (tertiary/aromatic N) is 1. The van der Waals surface area contributed by atoms with E-state index in [1.54, 1.807) is 19.5 Å². The molecule has 0 radical (unpaired) electrons. The van der Waals surface area contributed by atoms with Gasteiger partial charge in [0.1, 0.15) is 11.6 Å². The number of hydrogen-bond acceptors (Lipinski definition) is 4. The van der Waals surface area contributed by atoms with E-state index in [1.165, 1.54) is 0 Å². The highest BCUT2D eigenvalue weighted by Crippen LogP contribution is 2.31. The average molecular weight is 343 g/mol. The van der Waals surface area contributed by atoms with Crippen molar-refractivity contribution < 1.29 is 4.74 Å². The first-order valence-corrected chi connectivity index (χ1v) is 8.23. The smallest absolute Gasteiger partial charge is 0.259 e. The normalized spacial score (nSPS) is 10.7. The number of para-hydroxylation sites is 1. The van der Waals surface area contributed by atoms with Gasteiger partial charge in [0.15, 0.2) is 0 Å². The Balaban J connectivity index is 1.88. The molecular formula is C21H17N3O2. The number of H-pyrrole nitrogens is 1. The number of anilines is 2. The first-order chi connectivity index (χ1) is 12.8. The second kappa shape index (κ2) is 6.72. The number of rotatable bonds is 4. The molecule has 0 aliphatic heterocycles. The van der Waals surface area contributed by atoms with Gasteiger partial charge in [0, 0.05) is 29.0 Å². The highest BCUT2D eigenvalue weighted by atomic mass is 16.5. The van der Waals surface area contributed by atoms with E-state index in [0.29, 0.717) is 11.2 Å². The quantitative estimate of drug-likeness (QED) is 0.578. The van der Waals surface area contributed by atoms with E-state index in [2.05, 4.69) is 15.3 Å². The van der Waals surface area contributed by atoms with Crippen LogP contribution in [0.4, 0.5) is 11.5 Å². The number of ether oxygens (including phenoxy) is 1. The molecule has 5 nitrogen and oxygen atoms in total. The van der Waals surface area contributed by atoms with Gasteiger partial charge in [-0.15, -0.1) is 0 Å². The Morgan fingerprint density at radius 2 is 1.77 bits per heavy atom. The van der Waals surface area contributed by atoms with Gasteiger partial charge in [-0.1, -0.05) is 30.3 Å². The Morgan fingerprint density at radius 1 is 1.00 bits per heavy atom. The number of aromatic amines is 1. The van der Waals surface area contributed by atoms with Crippen LogP contribution in [0.5, 0.6) is 5.75 Å². The van der Waals surface area contributed by atoms with E-state index >= 15 is 0 Å². The molecule has 4 rings (SSSR count). The van der Waals surface area contributed by atoms with Crippen LogP contribution in [0.1, 0.15) is 0 Å². The molecule has 0 fully saturated rings. The molecule has 0 spiro atoms. The highest BCUT2D eigenvalue weighted by Gasteiger charge is 2.12. The van der Waals surface area contributed by atoms with E-state index in [1.807, 2.05) is 60.7 Å². The van der Waals surface area contributed by atoms with Crippen LogP contribution >= 0.6 is 0 Å². The van der Waals surface area contributed by atoms with Crippen LogP contribution in [0, 0.1) is 0 Å². The lowest BCUT2D eigenvalue weighted by Gasteiger charge is -2.12. The lowest BCUT2D eigenvalue weighted by atomic mass is 10.0. The number of methoxy groups -OCH3 is 1. The van der Waals surface area contributed by atoms with Crippen LogP contribution in [0.2, 0.25) is 0 Å². The van der Waals surface area contributed by atoms with Gasteiger partial charge in [-0.05, 0) is 35.9 Å². The largest absolute Gasteiger partial charge is 0.497 e. The molecule has 0 amide bonds. The van der Waals surface area contributed by atoms with Crippen LogP contribution in [0.3, 0.4) is 0 Å². The summed E-state index contributed by atoms with van der Waals surface area (Å²) in [5, 5.41) is 4.61. The minimum absolute atomic E-state index is 0.177. The SMILES string of the molecule is COc1ccc(-c2cnc(Nc3ccccc3)c3c(=O)[nH]ccc23)cc1. The summed E-state index contributed by atoms with van der Waals surface area (Å²) in [5.41, 5.74) is 2.57. The summed E-state index contributed by atoms with van der Waals surface area (Å²) in [5.74, 6) is 1.32. The van der Waals surface area contributed by atoms with Crippen molar-refractivity contribution in [1.82, 2.24) is 9.97 Å². The number of benzene rings is 2. The zero-order valence-electron chi connectivity index (χ0n) is 14.2. The fraction of sp³-hybridized carbons (Fsp3) is 0.0476. The fourth-order valence-corrected chi connectivity index (χ4v) is 2.95. The van der Waals surface area contributed by atoms with Crippen molar-refractivity contribution in [1.29, 1.82) is 0 Å². The zero-order valence-corrected chi connectivity index (χ0v) is 14.2. The van der Waals surface area contributed by atoms with Crippen molar-refractivity contribution in [2.45, 2.75) is 0 Å². The summed E-state index contributed by atoms with van der Waals surface area (Å²) >= 11 is 0. The first-order valence-electron chi connectivity index (χ1n) is 8.23. The highest BCUT2D eigenvalue weighted by molar-refractivity contribution is 6.01. The van der Waals surface area contributed by atoms with E-state index in [-0.39, 0.29) is 5.56 Å². The van der Waals surface area contributed by atoms with Crippen molar-refractivity contribution in [3.63, 3.8) is 0 Å². The van der Waals surface area contributed by atoms with Crippen LogP contribution in [0.25, 0.3) is 21.9 Å². The molecule has 2 aromatic heterocycles. The van der Waals surface area contributed by atoms with Crippen molar-refractivity contribution in [3.8, 4) is 16.9 Å². The second-order valence-electron chi connectivity index (χ2n) is 5.84.